The smallest absolute Gasteiger partial charge is 0.246 e. The lowest BCUT2D eigenvalue weighted by Crippen LogP contribution is -2.50. The quantitative estimate of drug-likeness (QED) is 0.523. The van der Waals surface area contributed by atoms with Crippen LogP contribution in [0.1, 0.15) is 54.1 Å². The van der Waals surface area contributed by atoms with Gasteiger partial charge in [0.15, 0.2) is 0 Å². The van der Waals surface area contributed by atoms with Gasteiger partial charge in [0.25, 0.3) is 0 Å². The fourth-order valence-corrected chi connectivity index (χ4v) is 5.82. The van der Waals surface area contributed by atoms with Gasteiger partial charge < -0.3 is 20.5 Å². The number of fused-ring (bicyclic) bond motifs is 1. The maximum Gasteiger partial charge on any atom is 0.246 e. The van der Waals surface area contributed by atoms with Crippen LogP contribution in [0.25, 0.3) is 0 Å². The lowest BCUT2D eigenvalue weighted by molar-refractivity contribution is -0.126. The van der Waals surface area contributed by atoms with Crippen molar-refractivity contribution in [2.75, 3.05) is 20.3 Å². The molecule has 0 radical (unpaired) electrons. The number of carbonyl (C=O) groups is 1. The number of benzene rings is 1. The van der Waals surface area contributed by atoms with Gasteiger partial charge in [-0.15, -0.1) is 11.3 Å². The zero-order valence-corrected chi connectivity index (χ0v) is 19.9. The summed E-state index contributed by atoms with van der Waals surface area (Å²) < 4.78 is 4.96. The van der Waals surface area contributed by atoms with E-state index in [0.717, 1.165) is 24.8 Å². The number of aliphatic hydroxyl groups is 1. The van der Waals surface area contributed by atoms with Crippen molar-refractivity contribution in [3.05, 3.63) is 57.3 Å². The van der Waals surface area contributed by atoms with E-state index in [9.17, 15) is 9.90 Å². The number of nitrogens with one attached hydrogen (secondary N) is 2. The molecule has 3 atom stereocenters. The van der Waals surface area contributed by atoms with Gasteiger partial charge in [0, 0.05) is 29.5 Å². The van der Waals surface area contributed by atoms with Crippen LogP contribution in [-0.4, -0.2) is 43.4 Å². The predicted octanol–water partition coefficient (Wildman–Crippen LogP) is 3.65. The molecule has 1 aromatic carbocycles. The molecule has 0 saturated carbocycles. The molecular weight excluding hydrogens is 408 g/mol. The fourth-order valence-electron chi connectivity index (χ4n) is 4.40. The van der Waals surface area contributed by atoms with Gasteiger partial charge in [-0.2, -0.15) is 0 Å². The van der Waals surface area contributed by atoms with Crippen LogP contribution < -0.4 is 10.6 Å². The molecule has 1 aromatic heterocycles. The summed E-state index contributed by atoms with van der Waals surface area (Å²) in [7, 11) is 1.50. The van der Waals surface area contributed by atoms with Crippen molar-refractivity contribution in [2.24, 2.45) is 5.41 Å². The van der Waals surface area contributed by atoms with Crippen LogP contribution in [0.2, 0.25) is 0 Å². The van der Waals surface area contributed by atoms with Crippen LogP contribution in [-0.2, 0) is 28.8 Å². The summed E-state index contributed by atoms with van der Waals surface area (Å²) in [6.07, 6.45) is 3.05. The summed E-state index contributed by atoms with van der Waals surface area (Å²) in [4.78, 5) is 15.1. The van der Waals surface area contributed by atoms with Crippen molar-refractivity contribution >= 4 is 17.2 Å². The molecule has 0 saturated heterocycles. The van der Waals surface area contributed by atoms with E-state index in [2.05, 4.69) is 37.5 Å². The highest BCUT2D eigenvalue weighted by molar-refractivity contribution is 7.12. The maximum absolute atomic E-state index is 12.2. The largest absolute Gasteiger partial charge is 0.390 e. The van der Waals surface area contributed by atoms with E-state index in [1.807, 2.05) is 41.7 Å². The molecule has 5 nitrogen and oxygen atoms in total. The number of aliphatic hydroxyl groups excluding tert-OH is 1. The van der Waals surface area contributed by atoms with Crippen molar-refractivity contribution in [3.63, 3.8) is 0 Å². The van der Waals surface area contributed by atoms with Gasteiger partial charge in [-0.05, 0) is 48.3 Å². The van der Waals surface area contributed by atoms with E-state index in [4.69, 9.17) is 4.74 Å². The topological polar surface area (TPSA) is 70.6 Å². The van der Waals surface area contributed by atoms with E-state index in [1.54, 1.807) is 0 Å². The van der Waals surface area contributed by atoms with Crippen LogP contribution in [0.4, 0.5) is 0 Å². The Balaban J connectivity index is 1.70. The number of rotatable bonds is 10. The Bertz CT molecular complexity index is 850. The third kappa shape index (κ3) is 6.62. The van der Waals surface area contributed by atoms with Crippen LogP contribution in [0.3, 0.4) is 0 Å². The average molecular weight is 445 g/mol. The minimum Gasteiger partial charge on any atom is -0.390 e. The number of ether oxygens (including phenoxy) is 1. The number of carbonyl (C=O) groups excluding carboxylic acids is 1. The summed E-state index contributed by atoms with van der Waals surface area (Å²) in [6.45, 7) is 7.24. The number of hydrogen-bond acceptors (Lipinski definition) is 5. The van der Waals surface area contributed by atoms with Crippen LogP contribution in [0, 0.1) is 5.41 Å². The van der Waals surface area contributed by atoms with Gasteiger partial charge in [0.1, 0.15) is 6.61 Å². The predicted molar refractivity (Wildman–Crippen MR) is 127 cm³/mol. The van der Waals surface area contributed by atoms with E-state index in [-0.39, 0.29) is 30.0 Å². The number of thiophene rings is 1. The molecule has 3 rings (SSSR count). The molecule has 2 aromatic rings. The zero-order chi connectivity index (χ0) is 22.4. The van der Waals surface area contributed by atoms with Crippen molar-refractivity contribution in [3.8, 4) is 0 Å². The van der Waals surface area contributed by atoms with Crippen molar-refractivity contribution in [1.29, 1.82) is 0 Å². The number of amides is 1. The first-order valence-electron chi connectivity index (χ1n) is 11.2. The molecule has 0 aliphatic heterocycles. The first-order chi connectivity index (χ1) is 14.8. The summed E-state index contributed by atoms with van der Waals surface area (Å²) >= 11 is 1.92. The molecule has 1 aliphatic carbocycles. The van der Waals surface area contributed by atoms with E-state index in [1.165, 1.54) is 22.4 Å². The van der Waals surface area contributed by atoms with E-state index in [0.29, 0.717) is 13.0 Å². The highest BCUT2D eigenvalue weighted by atomic mass is 32.1. The summed E-state index contributed by atoms with van der Waals surface area (Å²) in [5.74, 6) is -0.214. The molecule has 31 heavy (non-hydrogen) atoms. The Morgan fingerprint density at radius 2 is 2.06 bits per heavy atom. The normalized spacial score (nSPS) is 19.5. The van der Waals surface area contributed by atoms with E-state index < -0.39 is 6.10 Å². The molecule has 170 valence electrons. The third-order valence-corrected chi connectivity index (χ3v) is 7.27. The van der Waals surface area contributed by atoms with Gasteiger partial charge in [0.2, 0.25) is 5.91 Å². The molecular formula is C25H36N2O3S. The van der Waals surface area contributed by atoms with Crippen LogP contribution in [0.15, 0.2) is 36.4 Å². The summed E-state index contributed by atoms with van der Waals surface area (Å²) in [5, 5.41) is 17.6. The number of methoxy groups -OCH3 is 1. The highest BCUT2D eigenvalue weighted by Crippen LogP contribution is 2.44. The Morgan fingerprint density at radius 3 is 2.74 bits per heavy atom. The van der Waals surface area contributed by atoms with Gasteiger partial charge in [0.05, 0.1) is 12.1 Å². The van der Waals surface area contributed by atoms with Crippen molar-refractivity contribution in [2.45, 2.75) is 64.6 Å². The van der Waals surface area contributed by atoms with Crippen molar-refractivity contribution in [1.82, 2.24) is 10.6 Å². The van der Waals surface area contributed by atoms with Gasteiger partial charge in [-0.3, -0.25) is 4.79 Å². The summed E-state index contributed by atoms with van der Waals surface area (Å²) in [6, 6.07) is 12.1. The molecule has 0 unspecified atom stereocenters. The number of aryl methyl sites for hydroxylation is 1. The second-order valence-corrected chi connectivity index (χ2v) is 10.5. The van der Waals surface area contributed by atoms with E-state index >= 15 is 0 Å². The standard InChI is InChI=1S/C25H36N2O3S/c1-5-18-12-19-21(13-25(2,3)14-23(19)31-18)26-15-22(28)20(27-24(29)16-30-4)11-17-9-7-6-8-10-17/h6-10,12,20-22,26,28H,5,11,13-16H2,1-4H3,(H,27,29)/t20-,21-,22+/m0/s1. The third-order valence-electron chi connectivity index (χ3n) is 5.97. The molecule has 0 fully saturated rings. The monoisotopic (exact) mass is 444 g/mol. The maximum atomic E-state index is 12.2. The minimum atomic E-state index is -0.709. The molecule has 1 aliphatic rings. The zero-order valence-electron chi connectivity index (χ0n) is 19.1. The Morgan fingerprint density at radius 1 is 1.32 bits per heavy atom. The Kier molecular flexibility index (Phi) is 8.28. The second-order valence-electron chi connectivity index (χ2n) is 9.31. The lowest BCUT2D eigenvalue weighted by Gasteiger charge is -2.36. The number of hydrogen-bond donors (Lipinski definition) is 3. The summed E-state index contributed by atoms with van der Waals surface area (Å²) in [5.41, 5.74) is 2.69. The first kappa shape index (κ1) is 23.9. The highest BCUT2D eigenvalue weighted by Gasteiger charge is 2.34. The second kappa shape index (κ2) is 10.7. The molecule has 1 amide bonds. The first-order valence-corrected chi connectivity index (χ1v) is 12.0. The molecule has 1 heterocycles. The van der Waals surface area contributed by atoms with Crippen LogP contribution in [0.5, 0.6) is 0 Å². The molecule has 0 spiro atoms. The average Bonchev–Trinajstić information content (AvgIpc) is 3.14. The van der Waals surface area contributed by atoms with Gasteiger partial charge >= 0.3 is 0 Å². The molecule has 0 bridgehead atoms. The fraction of sp³-hybridized carbons (Fsp3) is 0.560. The molecule has 3 N–H and O–H groups in total. The SMILES string of the molecule is CCc1cc2c(s1)CC(C)(C)C[C@@H]2NC[C@@H](O)[C@H](Cc1ccccc1)NC(=O)COC. The van der Waals surface area contributed by atoms with Gasteiger partial charge in [-0.25, -0.2) is 0 Å². The minimum absolute atomic E-state index is 0.0136. The van der Waals surface area contributed by atoms with Gasteiger partial charge in [-0.1, -0.05) is 51.1 Å². The lowest BCUT2D eigenvalue weighted by atomic mass is 9.75. The van der Waals surface area contributed by atoms with Crippen LogP contribution >= 0.6 is 11.3 Å². The molecule has 6 heteroatoms. The Hall–Kier alpha value is -1.73. The van der Waals surface area contributed by atoms with Crippen molar-refractivity contribution < 1.29 is 14.6 Å². The Labute approximate surface area is 190 Å².